The van der Waals surface area contributed by atoms with Crippen LogP contribution in [0.15, 0.2) is 0 Å². The molecule has 1 fully saturated rings. The van der Waals surface area contributed by atoms with E-state index in [-0.39, 0.29) is 0 Å². The van der Waals surface area contributed by atoms with Crippen molar-refractivity contribution in [1.29, 1.82) is 0 Å². The third-order valence-corrected chi connectivity index (χ3v) is 3.15. The SMILES string of the molecule is CC(C)(C)OC(=O)N[C@@H](CCCN1CCCC1)C(=O)O. The van der Waals surface area contributed by atoms with Crippen LogP contribution in [0.2, 0.25) is 0 Å². The third kappa shape index (κ3) is 6.75. The summed E-state index contributed by atoms with van der Waals surface area (Å²) in [6, 6.07) is -0.882. The van der Waals surface area contributed by atoms with E-state index in [0.717, 1.165) is 26.1 Å². The highest BCUT2D eigenvalue weighted by Crippen LogP contribution is 2.10. The van der Waals surface area contributed by atoms with Crippen LogP contribution < -0.4 is 5.32 Å². The third-order valence-electron chi connectivity index (χ3n) is 3.15. The maximum absolute atomic E-state index is 11.6. The summed E-state index contributed by atoms with van der Waals surface area (Å²) in [5.41, 5.74) is -0.622. The Morgan fingerprint density at radius 1 is 1.30 bits per heavy atom. The number of likely N-dealkylation sites (tertiary alicyclic amines) is 1. The lowest BCUT2D eigenvalue weighted by Crippen LogP contribution is -2.43. The second-order valence-electron chi connectivity index (χ2n) is 6.23. The van der Waals surface area contributed by atoms with Gasteiger partial charge in [0.2, 0.25) is 0 Å². The van der Waals surface area contributed by atoms with Crippen molar-refractivity contribution in [2.24, 2.45) is 0 Å². The lowest BCUT2D eigenvalue weighted by molar-refractivity contribution is -0.139. The van der Waals surface area contributed by atoms with Gasteiger partial charge in [-0.1, -0.05) is 0 Å². The first kappa shape index (κ1) is 16.8. The highest BCUT2D eigenvalue weighted by molar-refractivity contribution is 5.79. The van der Waals surface area contributed by atoms with Gasteiger partial charge in [-0.25, -0.2) is 9.59 Å². The molecular formula is C14H26N2O4. The Labute approximate surface area is 120 Å². The second-order valence-corrected chi connectivity index (χ2v) is 6.23. The molecule has 0 unspecified atom stereocenters. The number of aliphatic carboxylic acids is 1. The summed E-state index contributed by atoms with van der Waals surface area (Å²) < 4.78 is 5.07. The van der Waals surface area contributed by atoms with E-state index in [9.17, 15) is 9.59 Å². The Kier molecular flexibility index (Phi) is 6.26. The molecule has 0 radical (unpaired) electrons. The highest BCUT2D eigenvalue weighted by atomic mass is 16.6. The van der Waals surface area contributed by atoms with Crippen LogP contribution >= 0.6 is 0 Å². The molecule has 0 aromatic rings. The molecule has 1 rings (SSSR count). The van der Waals surface area contributed by atoms with Gasteiger partial charge in [0.15, 0.2) is 0 Å². The number of carbonyl (C=O) groups is 2. The van der Waals surface area contributed by atoms with E-state index in [4.69, 9.17) is 9.84 Å². The van der Waals surface area contributed by atoms with Gasteiger partial charge in [-0.2, -0.15) is 0 Å². The number of carboxylic acids is 1. The predicted molar refractivity (Wildman–Crippen MR) is 75.7 cm³/mol. The van der Waals surface area contributed by atoms with Crippen LogP contribution in [0.3, 0.4) is 0 Å². The number of rotatable bonds is 6. The Morgan fingerprint density at radius 2 is 1.90 bits per heavy atom. The fourth-order valence-corrected chi connectivity index (χ4v) is 2.23. The number of amides is 1. The second kappa shape index (κ2) is 7.47. The summed E-state index contributed by atoms with van der Waals surface area (Å²) in [5, 5.41) is 11.5. The van der Waals surface area contributed by atoms with E-state index in [2.05, 4.69) is 10.2 Å². The maximum Gasteiger partial charge on any atom is 0.408 e. The van der Waals surface area contributed by atoms with E-state index in [1.165, 1.54) is 12.8 Å². The van der Waals surface area contributed by atoms with Crippen molar-refractivity contribution >= 4 is 12.1 Å². The van der Waals surface area contributed by atoms with Crippen LogP contribution in [-0.4, -0.2) is 53.3 Å². The van der Waals surface area contributed by atoms with Gasteiger partial charge in [-0.3, -0.25) is 0 Å². The number of nitrogens with one attached hydrogen (secondary N) is 1. The predicted octanol–water partition coefficient (Wildman–Crippen LogP) is 1.84. The van der Waals surface area contributed by atoms with Gasteiger partial charge in [-0.05, 0) is 66.1 Å². The smallest absolute Gasteiger partial charge is 0.408 e. The summed E-state index contributed by atoms with van der Waals surface area (Å²) >= 11 is 0. The van der Waals surface area contributed by atoms with Gasteiger partial charge in [0.25, 0.3) is 0 Å². The van der Waals surface area contributed by atoms with Crippen molar-refractivity contribution < 1.29 is 19.4 Å². The van der Waals surface area contributed by atoms with Gasteiger partial charge in [0, 0.05) is 0 Å². The number of hydrogen-bond donors (Lipinski definition) is 2. The molecule has 20 heavy (non-hydrogen) atoms. The molecule has 1 heterocycles. The van der Waals surface area contributed by atoms with Crippen LogP contribution in [0.25, 0.3) is 0 Å². The molecule has 1 saturated heterocycles. The average Bonchev–Trinajstić information content (AvgIpc) is 2.77. The van der Waals surface area contributed by atoms with E-state index >= 15 is 0 Å². The van der Waals surface area contributed by atoms with Crippen molar-refractivity contribution in [3.63, 3.8) is 0 Å². The first-order valence-electron chi connectivity index (χ1n) is 7.22. The fraction of sp³-hybridized carbons (Fsp3) is 0.857. The van der Waals surface area contributed by atoms with E-state index in [1.54, 1.807) is 20.8 Å². The first-order chi connectivity index (χ1) is 9.28. The molecule has 1 atom stereocenters. The summed E-state index contributed by atoms with van der Waals surface area (Å²) in [7, 11) is 0. The van der Waals surface area contributed by atoms with Crippen molar-refractivity contribution in [3.05, 3.63) is 0 Å². The quantitative estimate of drug-likeness (QED) is 0.779. The summed E-state index contributed by atoms with van der Waals surface area (Å²) in [6.45, 7) is 8.31. The fourth-order valence-electron chi connectivity index (χ4n) is 2.23. The van der Waals surface area contributed by atoms with Gasteiger partial charge < -0.3 is 20.1 Å². The van der Waals surface area contributed by atoms with Crippen molar-refractivity contribution in [2.45, 2.75) is 58.1 Å². The monoisotopic (exact) mass is 286 g/mol. The molecule has 0 spiro atoms. The molecule has 6 nitrogen and oxygen atoms in total. The minimum absolute atomic E-state index is 0.422. The van der Waals surface area contributed by atoms with Crippen molar-refractivity contribution in [3.8, 4) is 0 Å². The molecule has 1 aliphatic heterocycles. The Balaban J connectivity index is 2.32. The zero-order valence-corrected chi connectivity index (χ0v) is 12.6. The lowest BCUT2D eigenvalue weighted by Gasteiger charge is -2.22. The molecule has 0 aromatic carbocycles. The minimum Gasteiger partial charge on any atom is -0.480 e. The summed E-state index contributed by atoms with van der Waals surface area (Å²) in [5.74, 6) is -1.02. The molecular weight excluding hydrogens is 260 g/mol. The standard InChI is InChI=1S/C14H26N2O4/c1-14(2,3)20-13(19)15-11(12(17)18)7-6-10-16-8-4-5-9-16/h11H,4-10H2,1-3H3,(H,15,19)(H,17,18)/t11-/m0/s1. The number of carboxylic acid groups (broad SMARTS) is 1. The molecule has 0 bridgehead atoms. The van der Waals surface area contributed by atoms with Crippen molar-refractivity contribution in [1.82, 2.24) is 10.2 Å². The van der Waals surface area contributed by atoms with Gasteiger partial charge >= 0.3 is 12.1 Å². The lowest BCUT2D eigenvalue weighted by atomic mass is 10.1. The average molecular weight is 286 g/mol. The van der Waals surface area contributed by atoms with E-state index in [0.29, 0.717) is 6.42 Å². The summed E-state index contributed by atoms with van der Waals surface area (Å²) in [4.78, 5) is 25.1. The molecule has 6 heteroatoms. The van der Waals surface area contributed by atoms with Crippen LogP contribution in [-0.2, 0) is 9.53 Å². The van der Waals surface area contributed by atoms with Crippen LogP contribution in [0, 0.1) is 0 Å². The Hall–Kier alpha value is -1.30. The topological polar surface area (TPSA) is 78.9 Å². The molecule has 1 amide bonds. The first-order valence-corrected chi connectivity index (χ1v) is 7.22. The van der Waals surface area contributed by atoms with Gasteiger partial charge in [0.05, 0.1) is 0 Å². The number of carbonyl (C=O) groups excluding carboxylic acids is 1. The molecule has 0 aliphatic carbocycles. The maximum atomic E-state index is 11.6. The van der Waals surface area contributed by atoms with E-state index < -0.39 is 23.7 Å². The van der Waals surface area contributed by atoms with Crippen LogP contribution in [0.5, 0.6) is 0 Å². The summed E-state index contributed by atoms with van der Waals surface area (Å²) in [6.07, 6.45) is 2.94. The van der Waals surface area contributed by atoms with Crippen LogP contribution in [0.4, 0.5) is 4.79 Å². The zero-order chi connectivity index (χ0) is 15.2. The molecule has 2 N–H and O–H groups in total. The zero-order valence-electron chi connectivity index (χ0n) is 12.6. The minimum atomic E-state index is -1.02. The van der Waals surface area contributed by atoms with Gasteiger partial charge in [-0.15, -0.1) is 0 Å². The number of alkyl carbamates (subject to hydrolysis) is 1. The Morgan fingerprint density at radius 3 is 2.40 bits per heavy atom. The molecule has 1 aliphatic rings. The van der Waals surface area contributed by atoms with Crippen LogP contribution in [0.1, 0.15) is 46.5 Å². The van der Waals surface area contributed by atoms with Gasteiger partial charge in [0.1, 0.15) is 11.6 Å². The van der Waals surface area contributed by atoms with Crippen molar-refractivity contribution in [2.75, 3.05) is 19.6 Å². The normalized spacial score (nSPS) is 17.8. The molecule has 116 valence electrons. The number of nitrogens with zero attached hydrogens (tertiary/aromatic N) is 1. The highest BCUT2D eigenvalue weighted by Gasteiger charge is 2.24. The number of hydrogen-bond acceptors (Lipinski definition) is 4. The Bertz CT molecular complexity index is 333. The largest absolute Gasteiger partial charge is 0.480 e. The molecule has 0 saturated carbocycles. The number of ether oxygens (including phenoxy) is 1. The van der Waals surface area contributed by atoms with E-state index in [1.807, 2.05) is 0 Å². The molecule has 0 aromatic heterocycles.